The van der Waals surface area contributed by atoms with Crippen LogP contribution in [-0.2, 0) is 0 Å². The highest BCUT2D eigenvalue weighted by Gasteiger charge is 1.99. The van der Waals surface area contributed by atoms with E-state index in [1.807, 2.05) is 24.3 Å². The summed E-state index contributed by atoms with van der Waals surface area (Å²) in [6.45, 7) is 4.10. The first-order valence-electron chi connectivity index (χ1n) is 4.41. The molecule has 0 saturated heterocycles. The molecule has 0 unspecified atom stereocenters. The molecule has 0 bridgehead atoms. The Morgan fingerprint density at radius 3 is 2.71 bits per heavy atom. The molecule has 0 aliphatic heterocycles. The second-order valence-corrected chi connectivity index (χ2v) is 4.59. The molecule has 0 aliphatic rings. The molecule has 2 nitrogen and oxygen atoms in total. The van der Waals surface area contributed by atoms with Crippen molar-refractivity contribution in [1.82, 2.24) is 5.32 Å². The van der Waals surface area contributed by atoms with Gasteiger partial charge in [-0.15, -0.1) is 0 Å². The van der Waals surface area contributed by atoms with E-state index in [1.54, 1.807) is 0 Å². The summed E-state index contributed by atoms with van der Waals surface area (Å²) in [6.07, 6.45) is 0. The Morgan fingerprint density at radius 1 is 1.43 bits per heavy atom. The molecular weight excluding hydrogens is 260 g/mol. The SMILES string of the molecule is CC(C)NC(=S)Nc1cccc(Br)c1. The van der Waals surface area contributed by atoms with Gasteiger partial charge >= 0.3 is 0 Å². The van der Waals surface area contributed by atoms with E-state index in [-0.39, 0.29) is 0 Å². The summed E-state index contributed by atoms with van der Waals surface area (Å²) in [5.74, 6) is 0. The summed E-state index contributed by atoms with van der Waals surface area (Å²) in [4.78, 5) is 0. The highest BCUT2D eigenvalue weighted by atomic mass is 79.9. The first-order valence-corrected chi connectivity index (χ1v) is 5.61. The van der Waals surface area contributed by atoms with Gasteiger partial charge in [0.2, 0.25) is 0 Å². The molecule has 76 valence electrons. The van der Waals surface area contributed by atoms with Crippen molar-refractivity contribution < 1.29 is 0 Å². The number of nitrogens with one attached hydrogen (secondary N) is 2. The van der Waals surface area contributed by atoms with E-state index in [0.29, 0.717) is 11.2 Å². The highest BCUT2D eigenvalue weighted by Crippen LogP contribution is 2.15. The number of anilines is 1. The van der Waals surface area contributed by atoms with Crippen LogP contribution >= 0.6 is 28.1 Å². The Bertz CT molecular complexity index is 326. The standard InChI is InChI=1S/C10H13BrN2S/c1-7(2)12-10(14)13-9-5-3-4-8(11)6-9/h3-7H,1-2H3,(H2,12,13,14). The molecule has 0 atom stereocenters. The molecule has 0 amide bonds. The Kier molecular flexibility index (Phi) is 4.35. The lowest BCUT2D eigenvalue weighted by Crippen LogP contribution is -2.33. The fraction of sp³-hybridized carbons (Fsp3) is 0.300. The molecule has 0 spiro atoms. The number of hydrogen-bond acceptors (Lipinski definition) is 1. The van der Waals surface area contributed by atoms with Crippen molar-refractivity contribution in [2.24, 2.45) is 0 Å². The van der Waals surface area contributed by atoms with Crippen LogP contribution in [0.25, 0.3) is 0 Å². The van der Waals surface area contributed by atoms with E-state index >= 15 is 0 Å². The molecular formula is C10H13BrN2S. The molecule has 1 aromatic rings. The lowest BCUT2D eigenvalue weighted by molar-refractivity contribution is 0.739. The van der Waals surface area contributed by atoms with Crippen molar-refractivity contribution in [3.05, 3.63) is 28.7 Å². The van der Waals surface area contributed by atoms with Crippen molar-refractivity contribution in [2.75, 3.05) is 5.32 Å². The number of thiocarbonyl (C=S) groups is 1. The summed E-state index contributed by atoms with van der Waals surface area (Å²) in [5, 5.41) is 6.87. The molecule has 0 aliphatic carbocycles. The van der Waals surface area contributed by atoms with E-state index in [4.69, 9.17) is 12.2 Å². The van der Waals surface area contributed by atoms with Crippen LogP contribution in [0.5, 0.6) is 0 Å². The number of hydrogen-bond donors (Lipinski definition) is 2. The van der Waals surface area contributed by atoms with Crippen LogP contribution in [0.15, 0.2) is 28.7 Å². The Labute approximate surface area is 98.2 Å². The molecule has 0 radical (unpaired) electrons. The Morgan fingerprint density at radius 2 is 2.14 bits per heavy atom. The van der Waals surface area contributed by atoms with Crippen molar-refractivity contribution >= 4 is 38.9 Å². The van der Waals surface area contributed by atoms with Crippen LogP contribution in [0.4, 0.5) is 5.69 Å². The molecule has 2 N–H and O–H groups in total. The van der Waals surface area contributed by atoms with Gasteiger partial charge in [-0.25, -0.2) is 0 Å². The zero-order chi connectivity index (χ0) is 10.6. The van der Waals surface area contributed by atoms with Crippen LogP contribution in [0.3, 0.4) is 0 Å². The molecule has 1 aromatic carbocycles. The first-order chi connectivity index (χ1) is 6.58. The van der Waals surface area contributed by atoms with Gasteiger partial charge in [0.25, 0.3) is 0 Å². The second kappa shape index (κ2) is 5.32. The van der Waals surface area contributed by atoms with Gasteiger partial charge in [0.15, 0.2) is 5.11 Å². The fourth-order valence-corrected chi connectivity index (χ4v) is 1.75. The van der Waals surface area contributed by atoms with Crippen LogP contribution in [0.2, 0.25) is 0 Å². The van der Waals surface area contributed by atoms with Gasteiger partial charge in [0.05, 0.1) is 0 Å². The minimum absolute atomic E-state index is 0.349. The first kappa shape index (κ1) is 11.5. The van der Waals surface area contributed by atoms with Crippen LogP contribution in [0, 0.1) is 0 Å². The monoisotopic (exact) mass is 272 g/mol. The predicted octanol–water partition coefficient (Wildman–Crippen LogP) is 3.14. The molecule has 0 fully saturated rings. The zero-order valence-electron chi connectivity index (χ0n) is 8.17. The summed E-state index contributed by atoms with van der Waals surface area (Å²) < 4.78 is 1.04. The molecule has 1 rings (SSSR count). The Balaban J connectivity index is 2.56. The van der Waals surface area contributed by atoms with Gasteiger partial charge in [0.1, 0.15) is 0 Å². The van der Waals surface area contributed by atoms with Gasteiger partial charge in [-0.05, 0) is 44.3 Å². The largest absolute Gasteiger partial charge is 0.360 e. The maximum absolute atomic E-state index is 5.12. The molecule has 4 heteroatoms. The third-order valence-electron chi connectivity index (χ3n) is 1.50. The maximum Gasteiger partial charge on any atom is 0.170 e. The summed E-state index contributed by atoms with van der Waals surface area (Å²) in [7, 11) is 0. The van der Waals surface area contributed by atoms with Crippen molar-refractivity contribution in [1.29, 1.82) is 0 Å². The average molecular weight is 273 g/mol. The second-order valence-electron chi connectivity index (χ2n) is 3.26. The average Bonchev–Trinajstić information content (AvgIpc) is 2.01. The van der Waals surface area contributed by atoms with Crippen molar-refractivity contribution in [2.45, 2.75) is 19.9 Å². The normalized spacial score (nSPS) is 10.0. The van der Waals surface area contributed by atoms with Gasteiger partial charge in [0, 0.05) is 16.2 Å². The van der Waals surface area contributed by atoms with E-state index in [9.17, 15) is 0 Å². The summed E-state index contributed by atoms with van der Waals surface area (Å²) in [5.41, 5.74) is 0.984. The van der Waals surface area contributed by atoms with Crippen LogP contribution in [0.1, 0.15) is 13.8 Å². The minimum atomic E-state index is 0.349. The molecule has 0 aromatic heterocycles. The smallest absolute Gasteiger partial charge is 0.170 e. The lowest BCUT2D eigenvalue weighted by Gasteiger charge is -2.13. The number of rotatable bonds is 2. The maximum atomic E-state index is 5.12. The van der Waals surface area contributed by atoms with Crippen molar-refractivity contribution in [3.63, 3.8) is 0 Å². The predicted molar refractivity (Wildman–Crippen MR) is 68.6 cm³/mol. The zero-order valence-corrected chi connectivity index (χ0v) is 10.6. The quantitative estimate of drug-likeness (QED) is 0.809. The van der Waals surface area contributed by atoms with Gasteiger partial charge < -0.3 is 10.6 Å². The van der Waals surface area contributed by atoms with E-state index in [1.165, 1.54) is 0 Å². The van der Waals surface area contributed by atoms with E-state index < -0.39 is 0 Å². The van der Waals surface area contributed by atoms with Crippen molar-refractivity contribution in [3.8, 4) is 0 Å². The minimum Gasteiger partial charge on any atom is -0.360 e. The van der Waals surface area contributed by atoms with Gasteiger partial charge in [-0.1, -0.05) is 22.0 Å². The lowest BCUT2D eigenvalue weighted by atomic mass is 10.3. The van der Waals surface area contributed by atoms with Gasteiger partial charge in [-0.2, -0.15) is 0 Å². The third kappa shape index (κ3) is 4.07. The highest BCUT2D eigenvalue weighted by molar-refractivity contribution is 9.10. The summed E-state index contributed by atoms with van der Waals surface area (Å²) in [6, 6.07) is 8.24. The van der Waals surface area contributed by atoms with Crippen LogP contribution < -0.4 is 10.6 Å². The van der Waals surface area contributed by atoms with Gasteiger partial charge in [-0.3, -0.25) is 0 Å². The number of halogens is 1. The number of benzene rings is 1. The molecule has 14 heavy (non-hydrogen) atoms. The van der Waals surface area contributed by atoms with E-state index in [2.05, 4.69) is 40.4 Å². The van der Waals surface area contributed by atoms with E-state index in [0.717, 1.165) is 10.2 Å². The molecule has 0 heterocycles. The topological polar surface area (TPSA) is 24.1 Å². The van der Waals surface area contributed by atoms with Crippen LogP contribution in [-0.4, -0.2) is 11.2 Å². The third-order valence-corrected chi connectivity index (χ3v) is 2.22. The fourth-order valence-electron chi connectivity index (χ4n) is 0.996. The summed E-state index contributed by atoms with van der Waals surface area (Å²) >= 11 is 8.52. The Hall–Kier alpha value is -0.610. The molecule has 0 saturated carbocycles.